The molecule has 0 atom stereocenters. The second kappa shape index (κ2) is 4.80. The molecule has 0 saturated heterocycles. The Bertz CT molecular complexity index is 570. The number of pyridine rings is 1. The average molecular weight is 314 g/mol. The minimum absolute atomic E-state index is 0.00287. The molecule has 0 radical (unpaired) electrons. The van der Waals surface area contributed by atoms with E-state index in [1.807, 2.05) is 10.8 Å². The maximum atomic E-state index is 11.0. The molecule has 0 fully saturated rings. The molecule has 0 aliphatic heterocycles. The van der Waals surface area contributed by atoms with Crippen LogP contribution in [-0.4, -0.2) is 17.0 Å². The zero-order chi connectivity index (χ0) is 12.4. The van der Waals surface area contributed by atoms with E-state index in [-0.39, 0.29) is 5.69 Å². The van der Waals surface area contributed by atoms with E-state index in [4.69, 9.17) is 0 Å². The van der Waals surface area contributed by atoms with E-state index < -0.39 is 4.92 Å². The van der Waals surface area contributed by atoms with E-state index in [0.717, 1.165) is 10.0 Å². The molecular formula is C10H8BrN3O2S. The van der Waals surface area contributed by atoms with Crippen LogP contribution in [-0.2, 0) is 0 Å². The third-order valence-electron chi connectivity index (χ3n) is 2.20. The number of nitrogens with one attached hydrogen (secondary N) is 1. The fraction of sp³-hybridized carbons (Fsp3) is 0.100. The summed E-state index contributed by atoms with van der Waals surface area (Å²) in [7, 11) is 1.72. The second-order valence-electron chi connectivity index (χ2n) is 3.20. The van der Waals surface area contributed by atoms with Crippen LogP contribution in [0.4, 0.5) is 11.5 Å². The van der Waals surface area contributed by atoms with Crippen LogP contribution in [0.1, 0.15) is 0 Å². The molecule has 0 aliphatic carbocycles. The molecular weight excluding hydrogens is 306 g/mol. The molecule has 1 N–H and O–H groups in total. The summed E-state index contributed by atoms with van der Waals surface area (Å²) in [6.45, 7) is 0. The molecule has 88 valence electrons. The molecule has 17 heavy (non-hydrogen) atoms. The van der Waals surface area contributed by atoms with Crippen LogP contribution in [0.25, 0.3) is 11.3 Å². The lowest BCUT2D eigenvalue weighted by Crippen LogP contribution is -1.98. The van der Waals surface area contributed by atoms with E-state index in [2.05, 4.69) is 26.2 Å². The highest BCUT2D eigenvalue weighted by molar-refractivity contribution is 9.10. The predicted octanol–water partition coefficient (Wildman–Crippen LogP) is 3.52. The quantitative estimate of drug-likeness (QED) is 0.695. The van der Waals surface area contributed by atoms with Gasteiger partial charge < -0.3 is 5.32 Å². The summed E-state index contributed by atoms with van der Waals surface area (Å²) in [4.78, 5) is 14.8. The first-order chi connectivity index (χ1) is 8.13. The molecule has 2 aromatic heterocycles. The third-order valence-corrected chi connectivity index (χ3v) is 3.90. The van der Waals surface area contributed by atoms with Crippen LogP contribution in [0.15, 0.2) is 27.4 Å². The van der Waals surface area contributed by atoms with Gasteiger partial charge in [0.05, 0.1) is 4.92 Å². The molecule has 0 saturated carbocycles. The Morgan fingerprint density at radius 1 is 1.47 bits per heavy atom. The molecule has 2 aromatic rings. The average Bonchev–Trinajstić information content (AvgIpc) is 2.74. The molecule has 2 heterocycles. The van der Waals surface area contributed by atoms with Gasteiger partial charge in [-0.15, -0.1) is 0 Å². The number of nitrogens with zero attached hydrogens (tertiary/aromatic N) is 2. The first-order valence-corrected chi connectivity index (χ1v) is 6.42. The third kappa shape index (κ3) is 2.29. The number of hydrogen-bond acceptors (Lipinski definition) is 5. The van der Waals surface area contributed by atoms with Gasteiger partial charge in [0.1, 0.15) is 5.82 Å². The molecule has 0 bridgehead atoms. The van der Waals surface area contributed by atoms with Crippen LogP contribution >= 0.6 is 27.3 Å². The highest BCUT2D eigenvalue weighted by Crippen LogP contribution is 2.36. The summed E-state index contributed by atoms with van der Waals surface area (Å²) < 4.78 is 0.811. The molecule has 0 unspecified atom stereocenters. The van der Waals surface area contributed by atoms with Crippen molar-refractivity contribution in [2.75, 3.05) is 12.4 Å². The number of halogens is 1. The molecule has 0 aliphatic rings. The van der Waals surface area contributed by atoms with E-state index >= 15 is 0 Å². The summed E-state index contributed by atoms with van der Waals surface area (Å²) in [5, 5.41) is 17.5. The van der Waals surface area contributed by atoms with Crippen LogP contribution in [0.2, 0.25) is 0 Å². The smallest absolute Gasteiger partial charge is 0.295 e. The number of thiophene rings is 1. The standard InChI is InChI=1S/C10H8BrN3O2S/c1-12-9-3-2-8(14(15)16)10(13-9)6-4-17-5-7(6)11/h2-5H,1H3,(H,12,13). The van der Waals surface area contributed by atoms with Gasteiger partial charge in [-0.25, -0.2) is 4.98 Å². The van der Waals surface area contributed by atoms with Gasteiger partial charge >= 0.3 is 0 Å². The van der Waals surface area contributed by atoms with Crippen LogP contribution in [0, 0.1) is 10.1 Å². The van der Waals surface area contributed by atoms with Crippen LogP contribution < -0.4 is 5.32 Å². The van der Waals surface area contributed by atoms with Gasteiger partial charge in [-0.05, 0) is 22.0 Å². The number of anilines is 1. The molecule has 5 nitrogen and oxygen atoms in total. The lowest BCUT2D eigenvalue weighted by atomic mass is 10.2. The topological polar surface area (TPSA) is 68.1 Å². The first kappa shape index (κ1) is 12.0. The molecule has 0 aromatic carbocycles. The van der Waals surface area contributed by atoms with Crippen LogP contribution in [0.3, 0.4) is 0 Å². The summed E-state index contributed by atoms with van der Waals surface area (Å²) in [5.74, 6) is 0.601. The highest BCUT2D eigenvalue weighted by Gasteiger charge is 2.19. The normalized spacial score (nSPS) is 10.2. The fourth-order valence-electron chi connectivity index (χ4n) is 1.39. The monoisotopic (exact) mass is 313 g/mol. The van der Waals surface area contributed by atoms with Crippen molar-refractivity contribution in [2.24, 2.45) is 0 Å². The second-order valence-corrected chi connectivity index (χ2v) is 4.80. The maximum Gasteiger partial charge on any atom is 0.295 e. The van der Waals surface area contributed by atoms with Crippen molar-refractivity contribution in [3.63, 3.8) is 0 Å². The molecule has 7 heteroatoms. The first-order valence-electron chi connectivity index (χ1n) is 4.68. The maximum absolute atomic E-state index is 11.0. The number of rotatable bonds is 3. The number of aromatic nitrogens is 1. The van der Waals surface area contributed by atoms with Crippen molar-refractivity contribution in [3.8, 4) is 11.3 Å². The Hall–Kier alpha value is -1.47. The Balaban J connectivity index is 2.65. The lowest BCUT2D eigenvalue weighted by Gasteiger charge is -2.04. The van der Waals surface area contributed by atoms with E-state index in [1.165, 1.54) is 17.4 Å². The van der Waals surface area contributed by atoms with Gasteiger partial charge in [0, 0.05) is 33.9 Å². The van der Waals surface area contributed by atoms with Crippen molar-refractivity contribution in [2.45, 2.75) is 0 Å². The molecule has 0 spiro atoms. The Morgan fingerprint density at radius 3 is 2.76 bits per heavy atom. The van der Waals surface area contributed by atoms with E-state index in [0.29, 0.717) is 11.5 Å². The van der Waals surface area contributed by atoms with E-state index in [1.54, 1.807) is 13.1 Å². The van der Waals surface area contributed by atoms with Crippen molar-refractivity contribution in [1.29, 1.82) is 0 Å². The van der Waals surface area contributed by atoms with Gasteiger partial charge in [0.15, 0.2) is 5.69 Å². The van der Waals surface area contributed by atoms with E-state index in [9.17, 15) is 10.1 Å². The van der Waals surface area contributed by atoms with Gasteiger partial charge in [-0.3, -0.25) is 10.1 Å². The van der Waals surface area contributed by atoms with Crippen molar-refractivity contribution < 1.29 is 4.92 Å². The van der Waals surface area contributed by atoms with Gasteiger partial charge in [0.2, 0.25) is 0 Å². The molecule has 2 rings (SSSR count). The minimum Gasteiger partial charge on any atom is -0.373 e. The number of hydrogen-bond donors (Lipinski definition) is 1. The SMILES string of the molecule is CNc1ccc([N+](=O)[O-])c(-c2cscc2Br)n1. The highest BCUT2D eigenvalue weighted by atomic mass is 79.9. The Kier molecular flexibility index (Phi) is 3.39. The zero-order valence-corrected chi connectivity index (χ0v) is 11.2. The van der Waals surface area contributed by atoms with Crippen molar-refractivity contribution >= 4 is 38.8 Å². The Morgan fingerprint density at radius 2 is 2.24 bits per heavy atom. The van der Waals surface area contributed by atoms with Crippen molar-refractivity contribution in [1.82, 2.24) is 4.98 Å². The minimum atomic E-state index is -0.425. The number of nitro groups is 1. The van der Waals surface area contributed by atoms with Gasteiger partial charge in [-0.1, -0.05) is 0 Å². The van der Waals surface area contributed by atoms with Gasteiger partial charge in [-0.2, -0.15) is 11.3 Å². The summed E-state index contributed by atoms with van der Waals surface area (Å²) in [6, 6.07) is 3.04. The largest absolute Gasteiger partial charge is 0.373 e. The predicted molar refractivity (Wildman–Crippen MR) is 71.5 cm³/mol. The summed E-state index contributed by atoms with van der Waals surface area (Å²) in [5.41, 5.74) is 1.11. The van der Waals surface area contributed by atoms with Gasteiger partial charge in [0.25, 0.3) is 5.69 Å². The van der Waals surface area contributed by atoms with Crippen molar-refractivity contribution in [3.05, 3.63) is 37.5 Å². The fourth-order valence-corrected chi connectivity index (χ4v) is 2.85. The van der Waals surface area contributed by atoms with Crippen LogP contribution in [0.5, 0.6) is 0 Å². The summed E-state index contributed by atoms with van der Waals surface area (Å²) >= 11 is 4.83. The lowest BCUT2D eigenvalue weighted by molar-refractivity contribution is -0.384. The summed E-state index contributed by atoms with van der Waals surface area (Å²) in [6.07, 6.45) is 0. The zero-order valence-electron chi connectivity index (χ0n) is 8.81. The molecule has 0 amide bonds. The Labute approximate surface area is 110 Å².